The first-order valence-corrected chi connectivity index (χ1v) is 13.1. The van der Waals surface area contributed by atoms with E-state index in [1.165, 1.54) is 51.4 Å². The van der Waals surface area contributed by atoms with Crippen LogP contribution >= 0.6 is 0 Å². The summed E-state index contributed by atoms with van der Waals surface area (Å²) >= 11 is 0. The van der Waals surface area contributed by atoms with Crippen LogP contribution in [0.5, 0.6) is 0 Å². The average Bonchev–Trinajstić information content (AvgIpc) is 3.03. The summed E-state index contributed by atoms with van der Waals surface area (Å²) in [6.45, 7) is 12.8. The van der Waals surface area contributed by atoms with Crippen molar-refractivity contribution in [2.45, 2.75) is 111 Å². The summed E-state index contributed by atoms with van der Waals surface area (Å²) < 4.78 is 0. The molecule has 0 amide bonds. The van der Waals surface area contributed by atoms with E-state index in [0.717, 1.165) is 47.7 Å². The van der Waals surface area contributed by atoms with Crippen LogP contribution in [0.2, 0.25) is 0 Å². The van der Waals surface area contributed by atoms with E-state index in [1.54, 1.807) is 11.3 Å². The minimum Gasteiger partial charge on any atom is -0.333 e. The van der Waals surface area contributed by atoms with Crippen LogP contribution in [0.25, 0.3) is 0 Å². The van der Waals surface area contributed by atoms with Crippen LogP contribution in [0, 0.1) is 40.4 Å². The summed E-state index contributed by atoms with van der Waals surface area (Å²) in [7, 11) is 7.06. The van der Waals surface area contributed by atoms with E-state index >= 15 is 0 Å². The molecule has 0 heterocycles. The lowest BCUT2D eigenvalue weighted by Crippen LogP contribution is -3.16. The van der Waals surface area contributed by atoms with Gasteiger partial charge in [-0.05, 0) is 127 Å². The van der Waals surface area contributed by atoms with E-state index in [0.29, 0.717) is 10.8 Å². The van der Waals surface area contributed by atoms with Crippen LogP contribution in [0.3, 0.4) is 0 Å². The third-order valence-electron chi connectivity index (χ3n) is 11.7. The van der Waals surface area contributed by atoms with E-state index in [-0.39, 0.29) is 0 Å². The molecule has 4 saturated carbocycles. The fourth-order valence-corrected chi connectivity index (χ4v) is 9.41. The number of hydrogen-bond donors (Lipinski definition) is 1. The SMILES string of the molecule is CC(C)[NH+](C)C(C)C1CCC2C3CCC4CC(N(C)C)CCC4(C)C3CCC21C. The first-order valence-electron chi connectivity index (χ1n) is 13.1. The number of nitrogens with one attached hydrogen (secondary N) is 1. The lowest BCUT2D eigenvalue weighted by Gasteiger charge is -2.61. The highest BCUT2D eigenvalue weighted by molar-refractivity contribution is 5.10. The molecule has 0 aromatic heterocycles. The monoisotopic (exact) mass is 403 g/mol. The molecule has 0 aromatic carbocycles. The van der Waals surface area contributed by atoms with E-state index < -0.39 is 0 Å². The molecule has 0 aliphatic heterocycles. The van der Waals surface area contributed by atoms with Crippen molar-refractivity contribution in [1.82, 2.24) is 4.90 Å². The van der Waals surface area contributed by atoms with Gasteiger partial charge in [-0.3, -0.25) is 0 Å². The fraction of sp³-hybridized carbons (Fsp3) is 1.00. The lowest BCUT2D eigenvalue weighted by atomic mass is 9.44. The highest BCUT2D eigenvalue weighted by Crippen LogP contribution is 2.67. The van der Waals surface area contributed by atoms with Crippen LogP contribution in [0.4, 0.5) is 0 Å². The molecule has 0 saturated heterocycles. The first-order chi connectivity index (χ1) is 13.6. The van der Waals surface area contributed by atoms with Gasteiger partial charge in [0, 0.05) is 12.0 Å². The van der Waals surface area contributed by atoms with Crippen LogP contribution in [0.15, 0.2) is 0 Å². The Labute approximate surface area is 182 Å². The molecule has 4 rings (SSSR count). The van der Waals surface area contributed by atoms with Crippen molar-refractivity contribution in [3.63, 3.8) is 0 Å². The summed E-state index contributed by atoms with van der Waals surface area (Å²) in [5.74, 6) is 4.99. The molecule has 10 atom stereocenters. The van der Waals surface area contributed by atoms with Gasteiger partial charge in [0.2, 0.25) is 0 Å². The molecule has 4 aliphatic carbocycles. The highest BCUT2D eigenvalue weighted by atomic mass is 15.2. The summed E-state index contributed by atoms with van der Waals surface area (Å²) in [5, 5.41) is 0. The molecule has 1 N–H and O–H groups in total. The zero-order valence-corrected chi connectivity index (χ0v) is 20.9. The van der Waals surface area contributed by atoms with Gasteiger partial charge in [-0.1, -0.05) is 13.8 Å². The highest BCUT2D eigenvalue weighted by Gasteiger charge is 2.61. The first kappa shape index (κ1) is 22.1. The lowest BCUT2D eigenvalue weighted by molar-refractivity contribution is -0.930. The van der Waals surface area contributed by atoms with Crippen LogP contribution in [-0.2, 0) is 0 Å². The zero-order chi connectivity index (χ0) is 21.1. The largest absolute Gasteiger partial charge is 0.333 e. The van der Waals surface area contributed by atoms with Crippen molar-refractivity contribution in [1.29, 1.82) is 0 Å². The maximum absolute atomic E-state index is 2.73. The standard InChI is InChI=1S/C27H50N2/c1-18(2)29(8)19(3)23-11-12-24-22-10-9-20-17-21(28(6)7)13-15-26(20,4)25(22)14-16-27(23,24)5/h18-25H,9-17H2,1-8H3/p+1. The van der Waals surface area contributed by atoms with Gasteiger partial charge in [0.1, 0.15) is 0 Å². The minimum atomic E-state index is 0.612. The van der Waals surface area contributed by atoms with Gasteiger partial charge in [-0.25, -0.2) is 0 Å². The van der Waals surface area contributed by atoms with Gasteiger partial charge >= 0.3 is 0 Å². The van der Waals surface area contributed by atoms with Crippen LogP contribution in [0.1, 0.15) is 92.4 Å². The number of hydrogen-bond acceptors (Lipinski definition) is 1. The molecule has 2 nitrogen and oxygen atoms in total. The van der Waals surface area contributed by atoms with Gasteiger partial charge in [0.25, 0.3) is 0 Å². The Kier molecular flexibility index (Phi) is 5.95. The summed E-state index contributed by atoms with van der Waals surface area (Å²) in [6, 6.07) is 2.39. The third kappa shape index (κ3) is 3.43. The van der Waals surface area contributed by atoms with Crippen molar-refractivity contribution in [2.24, 2.45) is 40.4 Å². The predicted molar refractivity (Wildman–Crippen MR) is 124 cm³/mol. The van der Waals surface area contributed by atoms with Crippen molar-refractivity contribution in [2.75, 3.05) is 21.1 Å². The maximum Gasteiger partial charge on any atom is 0.0879 e. The molecule has 2 heteroatoms. The smallest absolute Gasteiger partial charge is 0.0879 e. The normalized spacial score (nSPS) is 49.4. The van der Waals surface area contributed by atoms with Crippen LogP contribution in [-0.4, -0.2) is 44.2 Å². The quantitative estimate of drug-likeness (QED) is 0.702. The molecule has 0 bridgehead atoms. The summed E-state index contributed by atoms with van der Waals surface area (Å²) in [6.07, 6.45) is 13.5. The molecule has 0 spiro atoms. The van der Waals surface area contributed by atoms with E-state index in [2.05, 4.69) is 60.7 Å². The van der Waals surface area contributed by atoms with Gasteiger partial charge in [0.05, 0.1) is 19.1 Å². The molecule has 4 aliphatic rings. The van der Waals surface area contributed by atoms with E-state index in [1.807, 2.05) is 0 Å². The van der Waals surface area contributed by atoms with Gasteiger partial charge < -0.3 is 9.80 Å². The second kappa shape index (κ2) is 7.80. The van der Waals surface area contributed by atoms with Gasteiger partial charge in [-0.15, -0.1) is 0 Å². The Morgan fingerprint density at radius 3 is 2.14 bits per heavy atom. The molecular weight excluding hydrogens is 352 g/mol. The van der Waals surface area contributed by atoms with E-state index in [4.69, 9.17) is 0 Å². The Balaban J connectivity index is 1.53. The van der Waals surface area contributed by atoms with E-state index in [9.17, 15) is 0 Å². The molecule has 0 radical (unpaired) electrons. The summed E-state index contributed by atoms with van der Waals surface area (Å²) in [5.41, 5.74) is 1.25. The summed E-state index contributed by atoms with van der Waals surface area (Å²) in [4.78, 5) is 4.27. The number of rotatable bonds is 4. The Hall–Kier alpha value is -0.0800. The molecule has 29 heavy (non-hydrogen) atoms. The van der Waals surface area contributed by atoms with Crippen LogP contribution < -0.4 is 4.90 Å². The average molecular weight is 404 g/mol. The van der Waals surface area contributed by atoms with Crippen molar-refractivity contribution in [3.8, 4) is 0 Å². The molecule has 0 aromatic rings. The van der Waals surface area contributed by atoms with Crippen molar-refractivity contribution in [3.05, 3.63) is 0 Å². The molecular formula is C27H51N2+. The number of fused-ring (bicyclic) bond motifs is 5. The predicted octanol–water partition coefficient (Wildman–Crippen LogP) is 4.89. The Morgan fingerprint density at radius 1 is 0.828 bits per heavy atom. The molecule has 4 fully saturated rings. The molecule has 168 valence electrons. The zero-order valence-electron chi connectivity index (χ0n) is 20.9. The van der Waals surface area contributed by atoms with Crippen molar-refractivity contribution >= 4 is 0 Å². The number of quaternary nitrogens is 1. The van der Waals surface area contributed by atoms with Gasteiger partial charge in [0.15, 0.2) is 0 Å². The Bertz CT molecular complexity index is 585. The van der Waals surface area contributed by atoms with Gasteiger partial charge in [-0.2, -0.15) is 0 Å². The second-order valence-corrected chi connectivity index (χ2v) is 13.0. The number of nitrogens with zero attached hydrogens (tertiary/aromatic N) is 1. The minimum absolute atomic E-state index is 0.612. The second-order valence-electron chi connectivity index (χ2n) is 13.0. The van der Waals surface area contributed by atoms with Crippen molar-refractivity contribution < 1.29 is 4.90 Å². The fourth-order valence-electron chi connectivity index (χ4n) is 9.41. The topological polar surface area (TPSA) is 7.68 Å². The Morgan fingerprint density at radius 2 is 1.48 bits per heavy atom. The maximum atomic E-state index is 2.73. The third-order valence-corrected chi connectivity index (χ3v) is 11.7. The molecule has 10 unspecified atom stereocenters.